The summed E-state index contributed by atoms with van der Waals surface area (Å²) in [6, 6.07) is 12.1. The van der Waals surface area contributed by atoms with Crippen molar-refractivity contribution in [3.63, 3.8) is 0 Å². The molecule has 0 aliphatic carbocycles. The number of nitrogens with zero attached hydrogens (tertiary/aromatic N) is 1. The maximum absolute atomic E-state index is 12.9. The minimum Gasteiger partial charge on any atom is -0.326 e. The molecule has 6 nitrogen and oxygen atoms in total. The Morgan fingerprint density at radius 1 is 1.07 bits per heavy atom. The lowest BCUT2D eigenvalue weighted by Gasteiger charge is -2.27. The van der Waals surface area contributed by atoms with Gasteiger partial charge in [-0.25, -0.2) is 8.42 Å². The summed E-state index contributed by atoms with van der Waals surface area (Å²) in [7, 11) is -3.73. The van der Waals surface area contributed by atoms with Gasteiger partial charge in [0.1, 0.15) is 0 Å². The quantitative estimate of drug-likeness (QED) is 0.777. The van der Waals surface area contributed by atoms with Gasteiger partial charge in [-0.15, -0.1) is 0 Å². The van der Waals surface area contributed by atoms with E-state index in [2.05, 4.69) is 21.9 Å². The molecule has 0 saturated carbocycles. The third-order valence-electron chi connectivity index (χ3n) is 5.08. The molecule has 1 amide bonds. The number of benzene rings is 2. The van der Waals surface area contributed by atoms with Crippen molar-refractivity contribution in [2.45, 2.75) is 45.6 Å². The molecule has 3 rings (SSSR count). The molecule has 2 aromatic rings. The molecule has 0 unspecified atom stereocenters. The number of carbonyl (C=O) groups is 1. The largest absolute Gasteiger partial charge is 0.326 e. The molecule has 156 valence electrons. The summed E-state index contributed by atoms with van der Waals surface area (Å²) in [5.41, 5.74) is 2.69. The summed E-state index contributed by atoms with van der Waals surface area (Å²) in [4.78, 5) is 14.7. The summed E-state index contributed by atoms with van der Waals surface area (Å²) in [6.45, 7) is 10.3. The molecule has 2 N–H and O–H groups in total. The lowest BCUT2D eigenvalue weighted by molar-refractivity contribution is -0.123. The van der Waals surface area contributed by atoms with E-state index in [9.17, 15) is 13.2 Å². The van der Waals surface area contributed by atoms with Gasteiger partial charge in [-0.05, 0) is 54.4 Å². The summed E-state index contributed by atoms with van der Waals surface area (Å²) >= 11 is 0. The molecule has 0 radical (unpaired) electrons. The summed E-state index contributed by atoms with van der Waals surface area (Å²) in [5, 5.41) is 2.82. The van der Waals surface area contributed by atoms with Gasteiger partial charge in [0.05, 0.1) is 10.6 Å². The fourth-order valence-electron chi connectivity index (χ4n) is 3.22. The fourth-order valence-corrected chi connectivity index (χ4v) is 4.32. The SMILES string of the molecule is CCN1CCc2ccc(S(=O)(=O)Nc3cccc(NC(=O)C(C)(C)C)c3)cc2C1. The van der Waals surface area contributed by atoms with Gasteiger partial charge in [-0.2, -0.15) is 0 Å². The molecule has 0 bridgehead atoms. The van der Waals surface area contributed by atoms with Crippen molar-refractivity contribution in [3.05, 3.63) is 53.6 Å². The Balaban J connectivity index is 1.80. The first-order valence-corrected chi connectivity index (χ1v) is 11.4. The van der Waals surface area contributed by atoms with Crippen molar-refractivity contribution in [2.24, 2.45) is 5.41 Å². The van der Waals surface area contributed by atoms with E-state index in [1.165, 1.54) is 5.56 Å². The number of nitrogens with one attached hydrogen (secondary N) is 2. The van der Waals surface area contributed by atoms with Gasteiger partial charge in [0, 0.05) is 24.2 Å². The highest BCUT2D eigenvalue weighted by molar-refractivity contribution is 7.92. The van der Waals surface area contributed by atoms with Crippen molar-refractivity contribution in [1.29, 1.82) is 0 Å². The fraction of sp³-hybridized carbons (Fsp3) is 0.409. The molecule has 2 aromatic carbocycles. The van der Waals surface area contributed by atoms with Crippen LogP contribution in [0.3, 0.4) is 0 Å². The first-order chi connectivity index (χ1) is 13.6. The van der Waals surface area contributed by atoms with Crippen molar-refractivity contribution >= 4 is 27.3 Å². The van der Waals surface area contributed by atoms with Crippen LogP contribution < -0.4 is 10.0 Å². The number of fused-ring (bicyclic) bond motifs is 1. The summed E-state index contributed by atoms with van der Waals surface area (Å²) in [6.07, 6.45) is 0.937. The van der Waals surface area contributed by atoms with E-state index < -0.39 is 15.4 Å². The first-order valence-electron chi connectivity index (χ1n) is 9.87. The van der Waals surface area contributed by atoms with Gasteiger partial charge in [0.15, 0.2) is 0 Å². The predicted octanol–water partition coefficient (Wildman–Crippen LogP) is 3.85. The minimum atomic E-state index is -3.73. The van der Waals surface area contributed by atoms with E-state index in [0.717, 1.165) is 31.6 Å². The van der Waals surface area contributed by atoms with Crippen LogP contribution >= 0.6 is 0 Å². The molecule has 0 saturated heterocycles. The Kier molecular flexibility index (Phi) is 6.00. The molecule has 7 heteroatoms. The highest BCUT2D eigenvalue weighted by atomic mass is 32.2. The van der Waals surface area contributed by atoms with E-state index in [1.807, 2.05) is 26.8 Å². The predicted molar refractivity (Wildman–Crippen MR) is 116 cm³/mol. The molecule has 1 aliphatic heterocycles. The number of hydrogen-bond acceptors (Lipinski definition) is 4. The van der Waals surface area contributed by atoms with Crippen LogP contribution in [0.2, 0.25) is 0 Å². The average molecular weight is 416 g/mol. The average Bonchev–Trinajstić information content (AvgIpc) is 2.66. The number of carbonyl (C=O) groups excluding carboxylic acids is 1. The number of amides is 1. The second-order valence-corrected chi connectivity index (χ2v) is 10.1. The second-order valence-electron chi connectivity index (χ2n) is 8.44. The van der Waals surface area contributed by atoms with Gasteiger partial charge in [-0.3, -0.25) is 14.4 Å². The smallest absolute Gasteiger partial charge is 0.261 e. The highest BCUT2D eigenvalue weighted by Crippen LogP contribution is 2.25. The summed E-state index contributed by atoms with van der Waals surface area (Å²) < 4.78 is 28.5. The molecule has 0 spiro atoms. The standard InChI is InChI=1S/C22H29N3O3S/c1-5-25-12-11-16-9-10-20(13-17(16)15-25)29(27,28)24-19-8-6-7-18(14-19)23-21(26)22(2,3)4/h6-10,13-14,24H,5,11-12,15H2,1-4H3,(H,23,26). The molecular weight excluding hydrogens is 386 g/mol. The van der Waals surface area contributed by atoms with E-state index >= 15 is 0 Å². The number of anilines is 2. The first kappa shape index (κ1) is 21.3. The van der Waals surface area contributed by atoms with Crippen LogP contribution in [0.1, 0.15) is 38.8 Å². The second kappa shape index (κ2) is 8.16. The number of sulfonamides is 1. The Morgan fingerprint density at radius 3 is 2.48 bits per heavy atom. The van der Waals surface area contributed by atoms with Crippen LogP contribution in [0.4, 0.5) is 11.4 Å². The van der Waals surface area contributed by atoms with Crippen LogP contribution in [0, 0.1) is 5.41 Å². The van der Waals surface area contributed by atoms with Crippen molar-refractivity contribution in [3.8, 4) is 0 Å². The molecular formula is C22H29N3O3S. The van der Waals surface area contributed by atoms with Crippen LogP contribution in [-0.4, -0.2) is 32.3 Å². The van der Waals surface area contributed by atoms with Crippen molar-refractivity contribution < 1.29 is 13.2 Å². The number of likely N-dealkylation sites (N-methyl/N-ethyl adjacent to an activating group) is 1. The molecule has 0 fully saturated rings. The van der Waals surface area contributed by atoms with Crippen LogP contribution in [-0.2, 0) is 27.8 Å². The van der Waals surface area contributed by atoms with E-state index in [0.29, 0.717) is 11.4 Å². The topological polar surface area (TPSA) is 78.5 Å². The minimum absolute atomic E-state index is 0.132. The van der Waals surface area contributed by atoms with Gasteiger partial charge < -0.3 is 5.32 Å². The van der Waals surface area contributed by atoms with E-state index in [1.54, 1.807) is 36.4 Å². The van der Waals surface area contributed by atoms with E-state index in [-0.39, 0.29) is 10.8 Å². The Morgan fingerprint density at radius 2 is 1.79 bits per heavy atom. The number of rotatable bonds is 5. The Hall–Kier alpha value is -2.38. The zero-order chi connectivity index (χ0) is 21.2. The lowest BCUT2D eigenvalue weighted by Crippen LogP contribution is -2.30. The normalized spacial score (nSPS) is 14.9. The molecule has 0 atom stereocenters. The molecule has 1 heterocycles. The van der Waals surface area contributed by atoms with Gasteiger partial charge in [0.2, 0.25) is 5.91 Å². The number of hydrogen-bond donors (Lipinski definition) is 2. The van der Waals surface area contributed by atoms with Crippen LogP contribution in [0.15, 0.2) is 47.4 Å². The third kappa shape index (κ3) is 5.16. The van der Waals surface area contributed by atoms with Gasteiger partial charge in [0.25, 0.3) is 10.0 Å². The Labute approximate surface area is 173 Å². The summed E-state index contributed by atoms with van der Waals surface area (Å²) in [5.74, 6) is -0.132. The third-order valence-corrected chi connectivity index (χ3v) is 6.46. The van der Waals surface area contributed by atoms with Gasteiger partial charge >= 0.3 is 0 Å². The zero-order valence-corrected chi connectivity index (χ0v) is 18.3. The lowest BCUT2D eigenvalue weighted by atomic mass is 9.95. The molecule has 29 heavy (non-hydrogen) atoms. The van der Waals surface area contributed by atoms with Gasteiger partial charge in [-0.1, -0.05) is 39.8 Å². The van der Waals surface area contributed by atoms with Crippen LogP contribution in [0.25, 0.3) is 0 Å². The maximum atomic E-state index is 12.9. The molecule has 1 aliphatic rings. The van der Waals surface area contributed by atoms with Crippen LogP contribution in [0.5, 0.6) is 0 Å². The van der Waals surface area contributed by atoms with E-state index in [4.69, 9.17) is 0 Å². The Bertz CT molecular complexity index is 1010. The van der Waals surface area contributed by atoms with Crippen molar-refractivity contribution in [1.82, 2.24) is 4.90 Å². The maximum Gasteiger partial charge on any atom is 0.261 e. The monoisotopic (exact) mass is 415 g/mol. The molecule has 0 aromatic heterocycles. The van der Waals surface area contributed by atoms with Crippen molar-refractivity contribution in [2.75, 3.05) is 23.1 Å². The zero-order valence-electron chi connectivity index (χ0n) is 17.5. The highest BCUT2D eigenvalue weighted by Gasteiger charge is 2.22.